The van der Waals surface area contributed by atoms with Crippen LogP contribution < -0.4 is 0 Å². The molecule has 0 bridgehead atoms. The molecule has 0 aromatic carbocycles. The number of nitrogens with zero attached hydrogens (tertiary/aromatic N) is 1. The Morgan fingerprint density at radius 3 is 2.44 bits per heavy atom. The van der Waals surface area contributed by atoms with Crippen molar-refractivity contribution in [1.29, 1.82) is 0 Å². The minimum Gasteiger partial charge on any atom is -0.477 e. The maximum absolute atomic E-state index is 11.3. The molecule has 1 aliphatic carbocycles. The molecule has 2 rings (SSSR count). The number of ketones is 1. The molecule has 0 spiro atoms. The van der Waals surface area contributed by atoms with E-state index in [0.29, 0.717) is 18.0 Å². The van der Waals surface area contributed by atoms with Gasteiger partial charge >= 0.3 is 5.97 Å². The van der Waals surface area contributed by atoms with Crippen molar-refractivity contribution < 1.29 is 14.7 Å². The number of aromatic nitrogens is 1. The van der Waals surface area contributed by atoms with Gasteiger partial charge in [-0.2, -0.15) is 0 Å². The van der Waals surface area contributed by atoms with E-state index in [9.17, 15) is 14.7 Å². The summed E-state index contributed by atoms with van der Waals surface area (Å²) in [6, 6.07) is 1.47. The van der Waals surface area contributed by atoms with Gasteiger partial charge in [-0.25, -0.2) is 4.79 Å². The molecule has 98 valence electrons. The third-order valence-corrected chi connectivity index (χ3v) is 4.12. The normalized spacial score (nSPS) is 16.9. The van der Waals surface area contributed by atoms with E-state index in [1.54, 1.807) is 10.8 Å². The Hall–Kier alpha value is -1.58. The number of hydrogen-bond acceptors (Lipinski definition) is 2. The Bertz CT molecular complexity index is 495. The zero-order valence-electron chi connectivity index (χ0n) is 11.1. The molecule has 0 atom stereocenters. The van der Waals surface area contributed by atoms with E-state index in [0.717, 1.165) is 12.8 Å². The Labute approximate surface area is 107 Å². The number of carboxylic acids is 1. The lowest BCUT2D eigenvalue weighted by Crippen LogP contribution is -2.20. The summed E-state index contributed by atoms with van der Waals surface area (Å²) in [5.41, 5.74) is 0.913. The van der Waals surface area contributed by atoms with Crippen molar-refractivity contribution in [1.82, 2.24) is 4.57 Å². The number of carboxylic acid groups (broad SMARTS) is 1. The minimum absolute atomic E-state index is 0.0920. The van der Waals surface area contributed by atoms with Gasteiger partial charge in [-0.15, -0.1) is 0 Å². The summed E-state index contributed by atoms with van der Waals surface area (Å²) in [5.74, 6) is -0.532. The number of carbonyl (C=O) groups is 2. The first-order valence-corrected chi connectivity index (χ1v) is 6.30. The summed E-state index contributed by atoms with van der Waals surface area (Å²) in [7, 11) is 0. The van der Waals surface area contributed by atoms with Gasteiger partial charge in [-0.1, -0.05) is 13.8 Å². The van der Waals surface area contributed by atoms with Crippen LogP contribution in [0.4, 0.5) is 0 Å². The summed E-state index contributed by atoms with van der Waals surface area (Å²) < 4.78 is 1.73. The van der Waals surface area contributed by atoms with Crippen LogP contribution in [-0.4, -0.2) is 21.4 Å². The Morgan fingerprint density at radius 1 is 1.44 bits per heavy atom. The molecule has 1 aromatic heterocycles. The SMILES string of the molecule is CC(=O)c1cc(C(=O)O)n(CC2(C(C)C)CC2)c1. The average Bonchev–Trinajstić information content (AvgIpc) is 2.90. The smallest absolute Gasteiger partial charge is 0.352 e. The summed E-state index contributed by atoms with van der Waals surface area (Å²) in [6.07, 6.45) is 3.95. The highest BCUT2D eigenvalue weighted by molar-refractivity contribution is 5.97. The van der Waals surface area contributed by atoms with Crippen molar-refractivity contribution >= 4 is 11.8 Å². The summed E-state index contributed by atoms with van der Waals surface area (Å²) in [4.78, 5) is 22.5. The van der Waals surface area contributed by atoms with Crippen molar-refractivity contribution in [3.63, 3.8) is 0 Å². The first-order valence-electron chi connectivity index (χ1n) is 6.30. The largest absolute Gasteiger partial charge is 0.477 e. The van der Waals surface area contributed by atoms with Crippen LogP contribution in [0.5, 0.6) is 0 Å². The quantitative estimate of drug-likeness (QED) is 0.816. The Balaban J connectivity index is 2.32. The average molecular weight is 249 g/mol. The van der Waals surface area contributed by atoms with E-state index < -0.39 is 5.97 Å². The minimum atomic E-state index is -0.970. The number of aromatic carboxylic acids is 1. The molecule has 1 heterocycles. The summed E-state index contributed by atoms with van der Waals surface area (Å²) >= 11 is 0. The van der Waals surface area contributed by atoms with Crippen molar-refractivity contribution in [2.24, 2.45) is 11.3 Å². The van der Waals surface area contributed by atoms with Crippen LogP contribution in [0, 0.1) is 11.3 Å². The van der Waals surface area contributed by atoms with Gasteiger partial charge in [0.05, 0.1) is 0 Å². The molecule has 0 radical (unpaired) electrons. The second-order valence-electron chi connectivity index (χ2n) is 5.62. The number of hydrogen-bond donors (Lipinski definition) is 1. The van der Waals surface area contributed by atoms with Crippen LogP contribution in [0.25, 0.3) is 0 Å². The predicted molar refractivity (Wildman–Crippen MR) is 67.9 cm³/mol. The monoisotopic (exact) mass is 249 g/mol. The number of Topliss-reactive ketones (excluding diaryl/α,β-unsaturated/α-hetero) is 1. The van der Waals surface area contributed by atoms with Crippen molar-refractivity contribution in [2.45, 2.75) is 40.2 Å². The molecule has 4 nitrogen and oxygen atoms in total. The molecular formula is C14H19NO3. The van der Waals surface area contributed by atoms with Gasteiger partial charge in [0, 0.05) is 18.3 Å². The molecule has 1 saturated carbocycles. The molecule has 0 amide bonds. The first kappa shape index (κ1) is 12.9. The highest BCUT2D eigenvalue weighted by atomic mass is 16.4. The van der Waals surface area contributed by atoms with E-state index in [2.05, 4.69) is 13.8 Å². The van der Waals surface area contributed by atoms with Gasteiger partial charge < -0.3 is 9.67 Å². The third kappa shape index (κ3) is 2.19. The van der Waals surface area contributed by atoms with E-state index in [1.807, 2.05) is 0 Å². The van der Waals surface area contributed by atoms with Crippen LogP contribution in [0.2, 0.25) is 0 Å². The fraction of sp³-hybridized carbons (Fsp3) is 0.571. The molecule has 0 unspecified atom stereocenters. The first-order chi connectivity index (χ1) is 8.35. The molecule has 0 saturated heterocycles. The fourth-order valence-electron chi connectivity index (χ4n) is 2.43. The topological polar surface area (TPSA) is 59.3 Å². The Kier molecular flexibility index (Phi) is 3.05. The Morgan fingerprint density at radius 2 is 2.06 bits per heavy atom. The number of carbonyl (C=O) groups excluding carboxylic acids is 1. The lowest BCUT2D eigenvalue weighted by atomic mass is 9.92. The second kappa shape index (κ2) is 4.26. The summed E-state index contributed by atoms with van der Waals surface area (Å²) in [6.45, 7) is 6.49. The molecular weight excluding hydrogens is 230 g/mol. The van der Waals surface area contributed by atoms with Crippen LogP contribution in [0.1, 0.15) is 54.5 Å². The van der Waals surface area contributed by atoms with Gasteiger partial charge in [0.1, 0.15) is 5.69 Å². The maximum Gasteiger partial charge on any atom is 0.352 e. The number of rotatable bonds is 5. The van der Waals surface area contributed by atoms with Gasteiger partial charge in [-0.3, -0.25) is 4.79 Å². The standard InChI is InChI=1S/C14H19NO3/c1-9(2)14(4-5-14)8-15-7-11(10(3)16)6-12(15)13(17)18/h6-7,9H,4-5,8H2,1-3H3,(H,17,18). The molecule has 4 heteroatoms. The third-order valence-electron chi connectivity index (χ3n) is 4.12. The van der Waals surface area contributed by atoms with Gasteiger partial charge in [-0.05, 0) is 37.2 Å². The lowest BCUT2D eigenvalue weighted by Gasteiger charge is -2.21. The highest BCUT2D eigenvalue weighted by Gasteiger charge is 2.45. The lowest BCUT2D eigenvalue weighted by molar-refractivity contribution is 0.0682. The highest BCUT2D eigenvalue weighted by Crippen LogP contribution is 2.53. The van der Waals surface area contributed by atoms with Crippen LogP contribution in [0.15, 0.2) is 12.3 Å². The van der Waals surface area contributed by atoms with Crippen molar-refractivity contribution in [3.8, 4) is 0 Å². The second-order valence-corrected chi connectivity index (χ2v) is 5.62. The zero-order chi connectivity index (χ0) is 13.5. The van der Waals surface area contributed by atoms with Gasteiger partial charge in [0.25, 0.3) is 0 Å². The van der Waals surface area contributed by atoms with Crippen molar-refractivity contribution in [2.75, 3.05) is 0 Å². The van der Waals surface area contributed by atoms with E-state index in [-0.39, 0.29) is 16.9 Å². The maximum atomic E-state index is 11.3. The fourth-order valence-corrected chi connectivity index (χ4v) is 2.43. The van der Waals surface area contributed by atoms with Gasteiger partial charge in [0.15, 0.2) is 5.78 Å². The van der Waals surface area contributed by atoms with E-state index >= 15 is 0 Å². The van der Waals surface area contributed by atoms with Crippen LogP contribution >= 0.6 is 0 Å². The zero-order valence-corrected chi connectivity index (χ0v) is 11.1. The van der Waals surface area contributed by atoms with E-state index in [1.165, 1.54) is 13.0 Å². The molecule has 1 fully saturated rings. The van der Waals surface area contributed by atoms with Crippen molar-refractivity contribution in [3.05, 3.63) is 23.5 Å². The summed E-state index contributed by atoms with van der Waals surface area (Å²) in [5, 5.41) is 9.18. The van der Waals surface area contributed by atoms with Crippen LogP contribution in [-0.2, 0) is 6.54 Å². The van der Waals surface area contributed by atoms with Gasteiger partial charge in [0.2, 0.25) is 0 Å². The van der Waals surface area contributed by atoms with E-state index in [4.69, 9.17) is 0 Å². The molecule has 1 N–H and O–H groups in total. The predicted octanol–water partition coefficient (Wildman–Crippen LogP) is 2.83. The molecule has 18 heavy (non-hydrogen) atoms. The molecule has 1 aliphatic rings. The molecule has 0 aliphatic heterocycles. The van der Waals surface area contributed by atoms with Crippen LogP contribution in [0.3, 0.4) is 0 Å². The molecule has 1 aromatic rings.